The zero-order valence-corrected chi connectivity index (χ0v) is 13.3. The van der Waals surface area contributed by atoms with Crippen LogP contribution in [0.1, 0.15) is 25.5 Å². The standard InChI is InChI=1S/C16H20N2O2S/c1-13(2)16(14-8-5-4-6-9-14)18(3)21(19,20)15-10-7-11-17-12-15/h4-13,16H,1-3H3/t16-/m0/s1. The summed E-state index contributed by atoms with van der Waals surface area (Å²) in [6.45, 7) is 4.04. The number of hydrogen-bond acceptors (Lipinski definition) is 3. The van der Waals surface area contributed by atoms with Crippen molar-refractivity contribution in [2.24, 2.45) is 5.92 Å². The number of hydrogen-bond donors (Lipinski definition) is 0. The van der Waals surface area contributed by atoms with Crippen LogP contribution in [0.25, 0.3) is 0 Å². The van der Waals surface area contributed by atoms with Gasteiger partial charge in [-0.3, -0.25) is 4.98 Å². The molecule has 0 aliphatic carbocycles. The van der Waals surface area contributed by atoms with Gasteiger partial charge in [-0.1, -0.05) is 44.2 Å². The van der Waals surface area contributed by atoms with E-state index in [1.54, 1.807) is 25.4 Å². The molecule has 0 spiro atoms. The molecule has 0 saturated heterocycles. The maximum atomic E-state index is 12.7. The molecule has 0 unspecified atom stereocenters. The lowest BCUT2D eigenvalue weighted by molar-refractivity contribution is 0.300. The summed E-state index contributed by atoms with van der Waals surface area (Å²) < 4.78 is 26.9. The van der Waals surface area contributed by atoms with Crippen molar-refractivity contribution in [1.82, 2.24) is 9.29 Å². The fraction of sp³-hybridized carbons (Fsp3) is 0.312. The summed E-state index contributed by atoms with van der Waals surface area (Å²) in [6.07, 6.45) is 2.95. The molecule has 0 bridgehead atoms. The normalized spacial score (nSPS) is 13.6. The summed E-state index contributed by atoms with van der Waals surface area (Å²) in [5.74, 6) is 0.156. The maximum absolute atomic E-state index is 12.7. The van der Waals surface area contributed by atoms with E-state index >= 15 is 0 Å². The minimum Gasteiger partial charge on any atom is -0.263 e. The molecule has 0 fully saturated rings. The first-order valence-electron chi connectivity index (χ1n) is 6.87. The molecule has 1 atom stereocenters. The number of nitrogens with zero attached hydrogens (tertiary/aromatic N) is 2. The Labute approximate surface area is 126 Å². The van der Waals surface area contributed by atoms with Crippen LogP contribution in [0, 0.1) is 5.92 Å². The molecule has 0 radical (unpaired) electrons. The van der Waals surface area contributed by atoms with E-state index < -0.39 is 10.0 Å². The summed E-state index contributed by atoms with van der Waals surface area (Å²) in [5, 5.41) is 0. The van der Waals surface area contributed by atoms with E-state index in [4.69, 9.17) is 0 Å². The highest BCUT2D eigenvalue weighted by atomic mass is 32.2. The zero-order valence-electron chi connectivity index (χ0n) is 12.5. The van der Waals surface area contributed by atoms with Crippen LogP contribution in [0.15, 0.2) is 59.8 Å². The van der Waals surface area contributed by atoms with E-state index in [1.165, 1.54) is 10.5 Å². The molecular weight excluding hydrogens is 284 g/mol. The van der Waals surface area contributed by atoms with Gasteiger partial charge in [-0.2, -0.15) is 4.31 Å². The Morgan fingerprint density at radius 1 is 1.05 bits per heavy atom. The molecule has 21 heavy (non-hydrogen) atoms. The van der Waals surface area contributed by atoms with Crippen LogP contribution in [0.2, 0.25) is 0 Å². The second-order valence-electron chi connectivity index (χ2n) is 5.31. The number of pyridine rings is 1. The van der Waals surface area contributed by atoms with Crippen molar-refractivity contribution in [1.29, 1.82) is 0 Å². The zero-order chi connectivity index (χ0) is 15.5. The van der Waals surface area contributed by atoms with Crippen molar-refractivity contribution in [3.05, 3.63) is 60.4 Å². The SMILES string of the molecule is CC(C)[C@@H](c1ccccc1)N(C)S(=O)(=O)c1cccnc1. The predicted octanol–water partition coefficient (Wildman–Crippen LogP) is 3.10. The second-order valence-corrected chi connectivity index (χ2v) is 7.31. The summed E-state index contributed by atoms with van der Waals surface area (Å²) in [7, 11) is -1.94. The molecule has 0 N–H and O–H groups in total. The van der Waals surface area contributed by atoms with Gasteiger partial charge in [-0.15, -0.1) is 0 Å². The van der Waals surface area contributed by atoms with Gasteiger partial charge < -0.3 is 0 Å². The van der Waals surface area contributed by atoms with Crippen LogP contribution in [0.4, 0.5) is 0 Å². The second kappa shape index (κ2) is 6.37. The van der Waals surface area contributed by atoms with Gasteiger partial charge in [0.2, 0.25) is 10.0 Å². The third-order valence-electron chi connectivity index (χ3n) is 3.48. The van der Waals surface area contributed by atoms with E-state index in [1.807, 2.05) is 44.2 Å². The van der Waals surface area contributed by atoms with Crippen molar-refractivity contribution in [2.45, 2.75) is 24.8 Å². The molecule has 0 aliphatic heterocycles. The largest absolute Gasteiger partial charge is 0.263 e. The van der Waals surface area contributed by atoms with Crippen molar-refractivity contribution in [2.75, 3.05) is 7.05 Å². The van der Waals surface area contributed by atoms with Crippen LogP contribution < -0.4 is 0 Å². The molecular formula is C16H20N2O2S. The third kappa shape index (κ3) is 3.31. The molecule has 2 rings (SSSR count). The number of benzene rings is 1. The molecule has 1 aromatic heterocycles. The fourth-order valence-electron chi connectivity index (χ4n) is 2.48. The van der Waals surface area contributed by atoms with E-state index in [9.17, 15) is 8.42 Å². The van der Waals surface area contributed by atoms with Crippen molar-refractivity contribution in [3.8, 4) is 0 Å². The van der Waals surface area contributed by atoms with Gasteiger partial charge in [0.15, 0.2) is 0 Å². The first kappa shape index (κ1) is 15.7. The topological polar surface area (TPSA) is 50.3 Å². The minimum absolute atomic E-state index is 0.156. The smallest absolute Gasteiger partial charge is 0.244 e. The van der Waals surface area contributed by atoms with E-state index in [0.717, 1.165) is 5.56 Å². The van der Waals surface area contributed by atoms with Crippen molar-refractivity contribution in [3.63, 3.8) is 0 Å². The highest BCUT2D eigenvalue weighted by Gasteiger charge is 2.31. The van der Waals surface area contributed by atoms with E-state index in [0.29, 0.717) is 0 Å². The molecule has 112 valence electrons. The lowest BCUT2D eigenvalue weighted by atomic mass is 9.96. The summed E-state index contributed by atoms with van der Waals surface area (Å²) >= 11 is 0. The predicted molar refractivity (Wildman–Crippen MR) is 83.2 cm³/mol. The molecule has 0 aliphatic rings. The quantitative estimate of drug-likeness (QED) is 0.853. The van der Waals surface area contributed by atoms with Crippen LogP contribution >= 0.6 is 0 Å². The van der Waals surface area contributed by atoms with Gasteiger partial charge in [0.1, 0.15) is 4.90 Å². The number of sulfonamides is 1. The Kier molecular flexibility index (Phi) is 4.75. The summed E-state index contributed by atoms with van der Waals surface area (Å²) in [5.41, 5.74) is 0.988. The Morgan fingerprint density at radius 3 is 2.24 bits per heavy atom. The summed E-state index contributed by atoms with van der Waals surface area (Å²) in [6, 6.07) is 12.7. The molecule has 0 saturated carbocycles. The van der Waals surface area contributed by atoms with Gasteiger partial charge in [0.05, 0.1) is 6.04 Å². The monoisotopic (exact) mass is 304 g/mol. The highest BCUT2D eigenvalue weighted by molar-refractivity contribution is 7.89. The van der Waals surface area contributed by atoms with Gasteiger partial charge in [0, 0.05) is 19.4 Å². The van der Waals surface area contributed by atoms with Crippen molar-refractivity contribution >= 4 is 10.0 Å². The summed E-state index contributed by atoms with van der Waals surface area (Å²) in [4.78, 5) is 4.12. The molecule has 5 heteroatoms. The number of aromatic nitrogens is 1. The minimum atomic E-state index is -3.56. The number of rotatable bonds is 5. The average molecular weight is 304 g/mol. The van der Waals surface area contributed by atoms with Crippen LogP contribution in [-0.4, -0.2) is 24.8 Å². The molecule has 2 aromatic rings. The van der Waals surface area contributed by atoms with Crippen LogP contribution in [0.5, 0.6) is 0 Å². The lowest BCUT2D eigenvalue weighted by Crippen LogP contribution is -2.34. The molecule has 0 amide bonds. The lowest BCUT2D eigenvalue weighted by Gasteiger charge is -2.30. The first-order valence-corrected chi connectivity index (χ1v) is 8.31. The molecule has 1 heterocycles. The van der Waals surface area contributed by atoms with Crippen molar-refractivity contribution < 1.29 is 8.42 Å². The highest BCUT2D eigenvalue weighted by Crippen LogP contribution is 2.31. The van der Waals surface area contributed by atoms with Gasteiger partial charge >= 0.3 is 0 Å². The average Bonchev–Trinajstić information content (AvgIpc) is 2.49. The first-order chi connectivity index (χ1) is 9.94. The van der Waals surface area contributed by atoms with Crippen LogP contribution in [-0.2, 0) is 10.0 Å². The van der Waals surface area contributed by atoms with Gasteiger partial charge in [-0.25, -0.2) is 8.42 Å². The Hall–Kier alpha value is -1.72. The third-order valence-corrected chi connectivity index (χ3v) is 5.30. The Bertz CT molecular complexity index is 670. The van der Waals surface area contributed by atoms with Gasteiger partial charge in [-0.05, 0) is 23.6 Å². The van der Waals surface area contributed by atoms with Gasteiger partial charge in [0.25, 0.3) is 0 Å². The Balaban J connectivity index is 2.42. The van der Waals surface area contributed by atoms with E-state index in [-0.39, 0.29) is 16.9 Å². The molecule has 4 nitrogen and oxygen atoms in total. The fourth-order valence-corrected chi connectivity index (χ4v) is 3.92. The molecule has 1 aromatic carbocycles. The van der Waals surface area contributed by atoms with Crippen LogP contribution in [0.3, 0.4) is 0 Å². The Morgan fingerprint density at radius 2 is 1.71 bits per heavy atom. The maximum Gasteiger partial charge on any atom is 0.244 e. The van der Waals surface area contributed by atoms with E-state index in [2.05, 4.69) is 4.98 Å².